The van der Waals surface area contributed by atoms with Crippen LogP contribution >= 0.6 is 0 Å². The quantitative estimate of drug-likeness (QED) is 0.161. The van der Waals surface area contributed by atoms with Crippen molar-refractivity contribution in [3.05, 3.63) is 162 Å². The molecule has 6 aromatic carbocycles. The summed E-state index contributed by atoms with van der Waals surface area (Å²) >= 11 is 0. The molecule has 6 aromatic rings. The molecule has 264 valence electrons. The summed E-state index contributed by atoms with van der Waals surface area (Å²) < 4.78 is 0. The van der Waals surface area contributed by atoms with Crippen LogP contribution in [0.15, 0.2) is 140 Å². The fraction of sp³-hybridized carbons (Fsp3) is 0.308. The van der Waals surface area contributed by atoms with Gasteiger partial charge in [0.2, 0.25) is 0 Å². The predicted octanol–water partition coefficient (Wildman–Crippen LogP) is 14.7. The molecule has 0 saturated heterocycles. The van der Waals surface area contributed by atoms with E-state index in [1.165, 1.54) is 130 Å². The van der Waals surface area contributed by atoms with Gasteiger partial charge in [-0.3, -0.25) is 0 Å². The summed E-state index contributed by atoms with van der Waals surface area (Å²) in [7, 11) is 0. The molecule has 0 amide bonds. The van der Waals surface area contributed by atoms with E-state index in [-0.39, 0.29) is 5.41 Å². The minimum Gasteiger partial charge on any atom is -0.310 e. The van der Waals surface area contributed by atoms with Gasteiger partial charge in [0, 0.05) is 22.4 Å². The Labute approximate surface area is 316 Å². The molecule has 0 spiro atoms. The average Bonchev–Trinajstić information content (AvgIpc) is 3.92. The van der Waals surface area contributed by atoms with Gasteiger partial charge in [0.25, 0.3) is 0 Å². The monoisotopic (exact) mass is 689 g/mol. The Bertz CT molecular complexity index is 2240. The second-order valence-corrected chi connectivity index (χ2v) is 17.1. The molecule has 1 heteroatoms. The van der Waals surface area contributed by atoms with Gasteiger partial charge in [-0.15, -0.1) is 0 Å². The normalized spacial score (nSPS) is 21.4. The lowest BCUT2D eigenvalue weighted by Gasteiger charge is -2.33. The number of hydrogen-bond acceptors (Lipinski definition) is 1. The summed E-state index contributed by atoms with van der Waals surface area (Å²) in [5, 5.41) is 0. The fourth-order valence-electron chi connectivity index (χ4n) is 11.1. The Balaban J connectivity index is 1.15. The van der Waals surface area contributed by atoms with Crippen LogP contribution in [0.2, 0.25) is 0 Å². The SMILES string of the molecule is CC1(C)c2ccccc2-c2ccc(N(c3ccc(C4CCCCC4)cc3)c3ccc(C4CC5CCC4C5)cc3)c(-c3ccc(-c4ccccc4)cc3)c21. The number of rotatable bonds is 7. The van der Waals surface area contributed by atoms with Crippen LogP contribution in [-0.2, 0) is 5.41 Å². The lowest BCUT2D eigenvalue weighted by Crippen LogP contribution is -2.19. The molecule has 3 fully saturated rings. The molecule has 0 aromatic heterocycles. The number of nitrogens with zero attached hydrogens (tertiary/aromatic N) is 1. The van der Waals surface area contributed by atoms with Gasteiger partial charge in [-0.05, 0) is 136 Å². The maximum Gasteiger partial charge on any atom is 0.0543 e. The third-order valence-corrected chi connectivity index (χ3v) is 13.8. The van der Waals surface area contributed by atoms with Crippen molar-refractivity contribution in [2.75, 3.05) is 4.90 Å². The predicted molar refractivity (Wildman–Crippen MR) is 224 cm³/mol. The summed E-state index contributed by atoms with van der Waals surface area (Å²) in [6.45, 7) is 4.85. The zero-order chi connectivity index (χ0) is 35.5. The molecule has 1 nitrogen and oxygen atoms in total. The van der Waals surface area contributed by atoms with Crippen LogP contribution in [0.25, 0.3) is 33.4 Å². The molecular formula is C52H51N. The summed E-state index contributed by atoms with van der Waals surface area (Å²) in [6.07, 6.45) is 12.4. The third kappa shape index (κ3) is 5.67. The van der Waals surface area contributed by atoms with Gasteiger partial charge in [0.15, 0.2) is 0 Å². The highest BCUT2D eigenvalue weighted by Gasteiger charge is 2.41. The summed E-state index contributed by atoms with van der Waals surface area (Å²) in [5.41, 5.74) is 17.2. The lowest BCUT2D eigenvalue weighted by molar-refractivity contribution is 0.420. The van der Waals surface area contributed by atoms with Gasteiger partial charge in [-0.2, -0.15) is 0 Å². The Morgan fingerprint density at radius 2 is 1.15 bits per heavy atom. The molecule has 4 aliphatic carbocycles. The smallest absolute Gasteiger partial charge is 0.0543 e. The second kappa shape index (κ2) is 13.2. The van der Waals surface area contributed by atoms with Gasteiger partial charge in [-0.25, -0.2) is 0 Å². The molecule has 4 aliphatic rings. The van der Waals surface area contributed by atoms with Gasteiger partial charge in [0.1, 0.15) is 0 Å². The maximum atomic E-state index is 2.56. The summed E-state index contributed by atoms with van der Waals surface area (Å²) in [6, 6.07) is 53.5. The van der Waals surface area contributed by atoms with E-state index in [1.807, 2.05) is 0 Å². The topological polar surface area (TPSA) is 3.24 Å². The molecule has 0 aliphatic heterocycles. The molecule has 0 heterocycles. The van der Waals surface area contributed by atoms with Crippen LogP contribution in [0.1, 0.15) is 106 Å². The molecule has 10 rings (SSSR count). The average molecular weight is 690 g/mol. The van der Waals surface area contributed by atoms with Crippen molar-refractivity contribution >= 4 is 17.1 Å². The van der Waals surface area contributed by atoms with Crippen molar-refractivity contribution in [2.24, 2.45) is 11.8 Å². The lowest BCUT2D eigenvalue weighted by atomic mass is 9.78. The molecule has 3 atom stereocenters. The highest BCUT2D eigenvalue weighted by atomic mass is 15.1. The molecule has 53 heavy (non-hydrogen) atoms. The van der Waals surface area contributed by atoms with E-state index in [1.54, 1.807) is 0 Å². The molecule has 0 radical (unpaired) electrons. The number of fused-ring (bicyclic) bond motifs is 5. The van der Waals surface area contributed by atoms with E-state index >= 15 is 0 Å². The molecule has 0 N–H and O–H groups in total. The zero-order valence-electron chi connectivity index (χ0n) is 31.4. The van der Waals surface area contributed by atoms with Crippen molar-refractivity contribution in [3.63, 3.8) is 0 Å². The number of hydrogen-bond donors (Lipinski definition) is 0. The molecule has 3 saturated carbocycles. The van der Waals surface area contributed by atoms with Crippen LogP contribution in [-0.4, -0.2) is 0 Å². The van der Waals surface area contributed by atoms with Crippen LogP contribution in [0, 0.1) is 11.8 Å². The highest BCUT2D eigenvalue weighted by Crippen LogP contribution is 2.57. The van der Waals surface area contributed by atoms with Crippen molar-refractivity contribution < 1.29 is 0 Å². The van der Waals surface area contributed by atoms with Gasteiger partial charge in [0.05, 0.1) is 5.69 Å². The first-order valence-electron chi connectivity index (χ1n) is 20.5. The van der Waals surface area contributed by atoms with Crippen molar-refractivity contribution in [1.82, 2.24) is 0 Å². The van der Waals surface area contributed by atoms with Crippen molar-refractivity contribution in [2.45, 2.75) is 88.9 Å². The van der Waals surface area contributed by atoms with E-state index in [0.717, 1.165) is 17.8 Å². The maximum absolute atomic E-state index is 2.56. The van der Waals surface area contributed by atoms with Crippen molar-refractivity contribution in [1.29, 1.82) is 0 Å². The largest absolute Gasteiger partial charge is 0.310 e. The zero-order valence-corrected chi connectivity index (χ0v) is 31.4. The Kier molecular flexibility index (Phi) is 8.16. The van der Waals surface area contributed by atoms with Crippen LogP contribution in [0.3, 0.4) is 0 Å². The van der Waals surface area contributed by atoms with Crippen LogP contribution < -0.4 is 4.90 Å². The standard InChI is InChI=1S/C52H51N/c1-52(2)48-16-10-9-15-45(48)46-31-32-49(50(51(46)52)41-21-19-38(20-22-41)36-11-5-3-6-12-36)53(43-27-23-39(24-28-43)37-13-7-4-8-14-37)44-29-25-40(26-30-44)47-34-35-17-18-42(47)33-35/h3,5-6,9-12,15-16,19-32,35,37,42,47H,4,7-8,13-14,17-18,33-34H2,1-2H3. The fourth-order valence-corrected chi connectivity index (χ4v) is 11.1. The van der Waals surface area contributed by atoms with Crippen molar-refractivity contribution in [3.8, 4) is 33.4 Å². The first-order valence-corrected chi connectivity index (χ1v) is 20.5. The first-order chi connectivity index (χ1) is 26.0. The molecular weight excluding hydrogens is 639 g/mol. The number of benzene rings is 6. The van der Waals surface area contributed by atoms with E-state index in [4.69, 9.17) is 0 Å². The van der Waals surface area contributed by atoms with E-state index in [2.05, 4.69) is 158 Å². The Morgan fingerprint density at radius 1 is 0.509 bits per heavy atom. The van der Waals surface area contributed by atoms with Gasteiger partial charge < -0.3 is 4.90 Å². The van der Waals surface area contributed by atoms with Gasteiger partial charge in [-0.1, -0.05) is 149 Å². The van der Waals surface area contributed by atoms with Gasteiger partial charge >= 0.3 is 0 Å². The van der Waals surface area contributed by atoms with E-state index in [9.17, 15) is 0 Å². The number of anilines is 3. The Morgan fingerprint density at radius 3 is 1.83 bits per heavy atom. The van der Waals surface area contributed by atoms with E-state index < -0.39 is 0 Å². The van der Waals surface area contributed by atoms with Crippen LogP contribution in [0.4, 0.5) is 17.1 Å². The Hall–Kier alpha value is -4.88. The first kappa shape index (κ1) is 32.7. The third-order valence-electron chi connectivity index (χ3n) is 13.8. The minimum atomic E-state index is -0.155. The molecule has 3 unspecified atom stereocenters. The van der Waals surface area contributed by atoms with E-state index in [0.29, 0.717) is 5.92 Å². The van der Waals surface area contributed by atoms with Crippen LogP contribution in [0.5, 0.6) is 0 Å². The summed E-state index contributed by atoms with van der Waals surface area (Å²) in [5.74, 6) is 3.23. The summed E-state index contributed by atoms with van der Waals surface area (Å²) in [4.78, 5) is 2.56. The highest BCUT2D eigenvalue weighted by molar-refractivity contribution is 5.97. The second-order valence-electron chi connectivity index (χ2n) is 17.1. The molecule has 2 bridgehead atoms. The minimum absolute atomic E-state index is 0.155.